The predicted molar refractivity (Wildman–Crippen MR) is 67.2 cm³/mol. The Kier molecular flexibility index (Phi) is 3.04. The van der Waals surface area contributed by atoms with Gasteiger partial charge in [-0.1, -0.05) is 6.07 Å². The minimum Gasteiger partial charge on any atom is -0.493 e. The van der Waals surface area contributed by atoms with Crippen molar-refractivity contribution in [3.8, 4) is 5.88 Å². The maximum atomic E-state index is 12.2. The second-order valence-corrected chi connectivity index (χ2v) is 4.04. The van der Waals surface area contributed by atoms with Crippen LogP contribution in [0.1, 0.15) is 13.8 Å². The molecule has 0 spiro atoms. The van der Waals surface area contributed by atoms with E-state index in [1.807, 2.05) is 0 Å². The summed E-state index contributed by atoms with van der Waals surface area (Å²) >= 11 is 0. The summed E-state index contributed by atoms with van der Waals surface area (Å²) in [6, 6.07) is 4.97. The third-order valence-electron chi connectivity index (χ3n) is 3.01. The van der Waals surface area contributed by atoms with Gasteiger partial charge in [-0.25, -0.2) is 9.36 Å². The summed E-state index contributed by atoms with van der Waals surface area (Å²) in [6.45, 7) is 3.03. The fraction of sp³-hybridized carbons (Fsp3) is 0.167. The molecule has 1 amide bonds. The molecule has 19 heavy (non-hydrogen) atoms. The lowest BCUT2D eigenvalue weighted by Crippen LogP contribution is -2.27. The molecular weight excluding hydrogens is 248 g/mol. The van der Waals surface area contributed by atoms with Gasteiger partial charge in [-0.05, 0) is 26.0 Å². The Bertz CT molecular complexity index is 767. The predicted octanol–water partition coefficient (Wildman–Crippen LogP) is -0.205. The third-order valence-corrected chi connectivity index (χ3v) is 3.01. The molecule has 2 aromatic rings. The second-order valence-electron chi connectivity index (χ2n) is 4.04. The molecule has 0 bridgehead atoms. The van der Waals surface area contributed by atoms with Crippen molar-refractivity contribution in [3.05, 3.63) is 40.5 Å². The van der Waals surface area contributed by atoms with Crippen LogP contribution in [0.3, 0.4) is 0 Å². The molecule has 7 nitrogen and oxygen atoms in total. The van der Waals surface area contributed by atoms with E-state index in [2.05, 4.69) is 5.11 Å². The normalized spacial score (nSPS) is 12.3. The highest BCUT2D eigenvalue weighted by atomic mass is 16.3. The Hall–Kier alpha value is -2.70. The van der Waals surface area contributed by atoms with E-state index < -0.39 is 11.6 Å². The molecule has 2 heterocycles. The summed E-state index contributed by atoms with van der Waals surface area (Å²) in [4.78, 5) is 23.6. The van der Waals surface area contributed by atoms with Crippen LogP contribution in [0.5, 0.6) is 5.88 Å². The van der Waals surface area contributed by atoms with Crippen molar-refractivity contribution in [2.75, 3.05) is 0 Å². The van der Waals surface area contributed by atoms with E-state index in [9.17, 15) is 14.7 Å². The van der Waals surface area contributed by atoms with E-state index in [0.29, 0.717) is 5.52 Å². The quantitative estimate of drug-likeness (QED) is 0.578. The smallest absolute Gasteiger partial charge is 0.340 e. The van der Waals surface area contributed by atoms with E-state index in [1.54, 1.807) is 25.1 Å². The van der Waals surface area contributed by atoms with Crippen LogP contribution in [-0.4, -0.2) is 20.0 Å². The first-order valence-corrected chi connectivity index (χ1v) is 5.53. The Balaban J connectivity index is 2.81. The first-order valence-electron chi connectivity index (χ1n) is 5.53. The molecule has 0 saturated carbocycles. The molecule has 0 atom stereocenters. The number of allylic oxidation sites excluding steroid dienone is 1. The average molecular weight is 261 g/mol. The molecule has 7 heteroatoms. The minimum atomic E-state index is -0.640. The van der Waals surface area contributed by atoms with Gasteiger partial charge in [0.05, 0.1) is 0 Å². The van der Waals surface area contributed by atoms with Gasteiger partial charge in [0.15, 0.2) is 0 Å². The third kappa shape index (κ3) is 1.85. The van der Waals surface area contributed by atoms with Crippen LogP contribution in [0, 0.1) is 0 Å². The van der Waals surface area contributed by atoms with Crippen molar-refractivity contribution in [2.45, 2.75) is 13.8 Å². The zero-order valence-corrected chi connectivity index (χ0v) is 10.5. The lowest BCUT2D eigenvalue weighted by molar-refractivity contribution is -0.220. The lowest BCUT2D eigenvalue weighted by atomic mass is 10.2. The van der Waals surface area contributed by atoms with Gasteiger partial charge in [-0.15, -0.1) is 5.53 Å². The summed E-state index contributed by atoms with van der Waals surface area (Å²) in [6.07, 6.45) is 1.53. The summed E-state index contributed by atoms with van der Waals surface area (Å²) in [5.74, 6) is -0.869. The lowest BCUT2D eigenvalue weighted by Gasteiger charge is -2.04. The van der Waals surface area contributed by atoms with Crippen molar-refractivity contribution in [1.82, 2.24) is 8.97 Å². The molecular formula is C12H13N4O3+. The molecule has 3 N–H and O–H groups in total. The standard InChI is InChI=1S/C12H12N4O3/c1-7(10(17)14-13)8(2)16-11(18)9-5-3-4-6-15(9)12(16)19/h3-6,13,18H,1-2H3/p+1. The highest BCUT2D eigenvalue weighted by Gasteiger charge is 2.18. The number of hydrogen-bond donors (Lipinski definition) is 2. The van der Waals surface area contributed by atoms with Gasteiger partial charge in [-0.3, -0.25) is 9.20 Å². The Labute approximate surface area is 107 Å². The van der Waals surface area contributed by atoms with Gasteiger partial charge in [-0.2, -0.15) is 0 Å². The number of pyridine rings is 1. The van der Waals surface area contributed by atoms with Crippen LogP contribution in [0.4, 0.5) is 0 Å². The van der Waals surface area contributed by atoms with Gasteiger partial charge in [0.1, 0.15) is 5.52 Å². The second kappa shape index (κ2) is 4.52. The molecule has 0 radical (unpaired) electrons. The zero-order chi connectivity index (χ0) is 14.2. The number of amides is 1. The van der Waals surface area contributed by atoms with E-state index in [1.165, 1.54) is 17.5 Å². The van der Waals surface area contributed by atoms with Gasteiger partial charge in [0.25, 0.3) is 0 Å². The molecule has 2 rings (SSSR count). The average Bonchev–Trinajstić information content (AvgIpc) is 2.69. The number of nitrogens with zero attached hydrogens (tertiary/aromatic N) is 3. The first-order chi connectivity index (χ1) is 8.99. The number of carbonyl (C=O) groups is 1. The van der Waals surface area contributed by atoms with Crippen LogP contribution >= 0.6 is 0 Å². The number of hydrogen-bond acceptors (Lipinski definition) is 3. The van der Waals surface area contributed by atoms with Crippen molar-refractivity contribution >= 4 is 17.1 Å². The molecule has 0 saturated heterocycles. The highest BCUT2D eigenvalue weighted by molar-refractivity contribution is 5.98. The van der Waals surface area contributed by atoms with Gasteiger partial charge in [0.2, 0.25) is 5.88 Å². The summed E-state index contributed by atoms with van der Waals surface area (Å²) in [5.41, 5.74) is 5.29. The van der Waals surface area contributed by atoms with Crippen molar-refractivity contribution in [1.29, 1.82) is 0 Å². The SMILES string of the molecule is CC(C(=O)N=[NH2+])=C(C)n1c(O)c2ccccn2c1=O. The maximum Gasteiger partial charge on any atom is 0.340 e. The van der Waals surface area contributed by atoms with Crippen molar-refractivity contribution in [3.63, 3.8) is 0 Å². The highest BCUT2D eigenvalue weighted by Crippen LogP contribution is 2.22. The Morgan fingerprint density at radius 1 is 1.37 bits per heavy atom. The largest absolute Gasteiger partial charge is 0.493 e. The molecule has 0 fully saturated rings. The fourth-order valence-electron chi connectivity index (χ4n) is 1.83. The van der Waals surface area contributed by atoms with Crippen LogP contribution in [-0.2, 0) is 4.79 Å². The van der Waals surface area contributed by atoms with Crippen molar-refractivity contribution < 1.29 is 15.4 Å². The Morgan fingerprint density at radius 3 is 2.63 bits per heavy atom. The first kappa shape index (κ1) is 12.7. The summed E-state index contributed by atoms with van der Waals surface area (Å²) < 4.78 is 2.34. The maximum absolute atomic E-state index is 12.2. The monoisotopic (exact) mass is 261 g/mol. The molecule has 0 unspecified atom stereocenters. The van der Waals surface area contributed by atoms with E-state index >= 15 is 0 Å². The molecule has 0 aromatic carbocycles. The van der Waals surface area contributed by atoms with E-state index in [0.717, 1.165) is 4.57 Å². The number of aromatic nitrogens is 2. The zero-order valence-electron chi connectivity index (χ0n) is 10.5. The molecule has 0 aliphatic rings. The van der Waals surface area contributed by atoms with E-state index in [4.69, 9.17) is 5.53 Å². The Morgan fingerprint density at radius 2 is 2.05 bits per heavy atom. The van der Waals surface area contributed by atoms with Gasteiger partial charge in [0, 0.05) is 22.6 Å². The number of fused-ring (bicyclic) bond motifs is 1. The molecule has 98 valence electrons. The van der Waals surface area contributed by atoms with Crippen LogP contribution in [0.15, 0.2) is 39.9 Å². The van der Waals surface area contributed by atoms with Crippen molar-refractivity contribution in [2.24, 2.45) is 5.11 Å². The van der Waals surface area contributed by atoms with E-state index in [-0.39, 0.29) is 17.2 Å². The number of rotatable bonds is 2. The minimum absolute atomic E-state index is 0.191. The summed E-state index contributed by atoms with van der Waals surface area (Å²) in [5, 5.41) is 13.1. The van der Waals surface area contributed by atoms with Crippen LogP contribution in [0.2, 0.25) is 0 Å². The number of aromatic hydroxyl groups is 1. The summed E-state index contributed by atoms with van der Waals surface area (Å²) in [7, 11) is 0. The van der Waals surface area contributed by atoms with Crippen LogP contribution in [0.25, 0.3) is 11.2 Å². The van der Waals surface area contributed by atoms with Gasteiger partial charge >= 0.3 is 11.6 Å². The van der Waals surface area contributed by atoms with Crippen LogP contribution < -0.4 is 11.2 Å². The number of imidazole rings is 1. The fourth-order valence-corrected chi connectivity index (χ4v) is 1.83. The molecule has 0 aliphatic carbocycles. The number of carbonyl (C=O) groups excluding carboxylic acids is 1. The molecule has 2 aromatic heterocycles. The van der Waals surface area contributed by atoms with Gasteiger partial charge < -0.3 is 5.11 Å². The molecule has 0 aliphatic heterocycles. The number of nitrogens with two attached hydrogens (primary N) is 1. The topological polar surface area (TPSA) is 102 Å².